The Labute approximate surface area is 119 Å². The summed E-state index contributed by atoms with van der Waals surface area (Å²) in [5.74, 6) is 0.983. The minimum Gasteiger partial charge on any atom is -0.362 e. The monoisotopic (exact) mass is 305 g/mol. The molecule has 21 heavy (non-hydrogen) atoms. The zero-order valence-corrected chi connectivity index (χ0v) is 11.8. The summed E-state index contributed by atoms with van der Waals surface area (Å²) in [6.07, 6.45) is 2.56. The topological polar surface area (TPSA) is 126 Å². The molecule has 0 saturated heterocycles. The molecule has 0 aliphatic heterocycles. The van der Waals surface area contributed by atoms with Crippen molar-refractivity contribution in [3.05, 3.63) is 30.4 Å². The van der Waals surface area contributed by atoms with Crippen LogP contribution in [0.1, 0.15) is 5.82 Å². The molecule has 0 amide bonds. The van der Waals surface area contributed by atoms with Gasteiger partial charge in [-0.2, -0.15) is 5.21 Å². The maximum atomic E-state index is 11.6. The zero-order chi connectivity index (χ0) is 14.9. The van der Waals surface area contributed by atoms with Gasteiger partial charge >= 0.3 is 0 Å². The van der Waals surface area contributed by atoms with Gasteiger partial charge in [-0.25, -0.2) is 18.4 Å². The maximum Gasteiger partial charge on any atom is 0.193 e. The number of hydrogen-bond acceptors (Lipinski definition) is 8. The van der Waals surface area contributed by atoms with Crippen molar-refractivity contribution in [2.24, 2.45) is 0 Å². The van der Waals surface area contributed by atoms with Gasteiger partial charge in [-0.1, -0.05) is 5.21 Å². The molecule has 9 nitrogen and oxygen atoms in total. The van der Waals surface area contributed by atoms with Crippen LogP contribution in [0.15, 0.2) is 29.4 Å². The highest BCUT2D eigenvalue weighted by atomic mass is 32.2. The van der Waals surface area contributed by atoms with E-state index in [1.165, 1.54) is 12.4 Å². The smallest absolute Gasteiger partial charge is 0.193 e. The second kappa shape index (κ2) is 5.05. The molecule has 0 radical (unpaired) electrons. The summed E-state index contributed by atoms with van der Waals surface area (Å²) in [7, 11) is -3.29. The van der Waals surface area contributed by atoms with Crippen molar-refractivity contribution in [1.29, 1.82) is 0 Å². The second-order valence-corrected chi connectivity index (χ2v) is 6.37. The molecule has 0 atom stereocenters. The van der Waals surface area contributed by atoms with Gasteiger partial charge in [0.05, 0.1) is 17.0 Å². The van der Waals surface area contributed by atoms with Crippen molar-refractivity contribution in [2.75, 3.05) is 11.6 Å². The average Bonchev–Trinajstić information content (AvgIpc) is 2.96. The van der Waals surface area contributed by atoms with Crippen LogP contribution in [0, 0.1) is 0 Å². The van der Waals surface area contributed by atoms with Crippen LogP contribution in [0.2, 0.25) is 0 Å². The third kappa shape index (κ3) is 2.79. The third-order valence-corrected chi connectivity index (χ3v) is 3.95. The normalized spacial score (nSPS) is 11.7. The van der Waals surface area contributed by atoms with Gasteiger partial charge in [0, 0.05) is 11.6 Å². The lowest BCUT2D eigenvalue weighted by molar-refractivity contribution is 0.602. The minimum absolute atomic E-state index is 0.215. The lowest BCUT2D eigenvalue weighted by atomic mass is 10.2. The number of aromatic nitrogens is 6. The zero-order valence-electron chi connectivity index (χ0n) is 11.0. The number of anilines is 1. The van der Waals surface area contributed by atoms with Gasteiger partial charge in [-0.3, -0.25) is 0 Å². The van der Waals surface area contributed by atoms with Crippen LogP contribution >= 0.6 is 0 Å². The number of fused-ring (bicyclic) bond motifs is 1. The van der Waals surface area contributed by atoms with E-state index in [4.69, 9.17) is 0 Å². The largest absolute Gasteiger partial charge is 0.362 e. The maximum absolute atomic E-state index is 11.6. The van der Waals surface area contributed by atoms with Crippen LogP contribution in [-0.2, 0) is 16.4 Å². The Hall–Kier alpha value is -2.62. The fourth-order valence-electron chi connectivity index (χ4n) is 1.83. The van der Waals surface area contributed by atoms with Crippen molar-refractivity contribution in [3.8, 4) is 0 Å². The Morgan fingerprint density at radius 2 is 2.14 bits per heavy atom. The van der Waals surface area contributed by atoms with E-state index in [0.29, 0.717) is 29.1 Å². The van der Waals surface area contributed by atoms with E-state index < -0.39 is 9.84 Å². The van der Waals surface area contributed by atoms with E-state index >= 15 is 0 Å². The Morgan fingerprint density at radius 3 is 2.86 bits per heavy atom. The summed E-state index contributed by atoms with van der Waals surface area (Å²) >= 11 is 0. The standard InChI is InChI=1S/C11H11N7O2S/c1-21(19,20)7-2-3-9-8(4-7)11(14-6-13-9)12-5-10-15-17-18-16-10/h2-4,6H,5H2,1H3,(H,12,13,14)(H,15,16,17,18). The highest BCUT2D eigenvalue weighted by Gasteiger charge is 2.11. The summed E-state index contributed by atoms with van der Waals surface area (Å²) < 4.78 is 23.3. The number of rotatable bonds is 4. The Bertz CT molecular complexity index is 877. The fourth-order valence-corrected chi connectivity index (χ4v) is 2.47. The molecule has 2 N–H and O–H groups in total. The first kappa shape index (κ1) is 13.4. The van der Waals surface area contributed by atoms with Gasteiger partial charge in [-0.15, -0.1) is 10.2 Å². The molecule has 108 valence electrons. The number of nitrogens with zero attached hydrogens (tertiary/aromatic N) is 5. The molecule has 0 fully saturated rings. The average molecular weight is 305 g/mol. The van der Waals surface area contributed by atoms with E-state index in [0.717, 1.165) is 6.26 Å². The van der Waals surface area contributed by atoms with Gasteiger partial charge in [0.25, 0.3) is 0 Å². The van der Waals surface area contributed by atoms with Crippen molar-refractivity contribution in [2.45, 2.75) is 11.4 Å². The molecule has 0 spiro atoms. The number of tetrazole rings is 1. The van der Waals surface area contributed by atoms with Gasteiger partial charge in [0.2, 0.25) is 0 Å². The molecule has 0 saturated carbocycles. The van der Waals surface area contributed by atoms with Crippen molar-refractivity contribution < 1.29 is 8.42 Å². The number of hydrogen-bond donors (Lipinski definition) is 2. The minimum atomic E-state index is -3.29. The molecular formula is C11H11N7O2S. The highest BCUT2D eigenvalue weighted by molar-refractivity contribution is 7.90. The molecule has 2 heterocycles. The molecule has 2 aromatic heterocycles. The van der Waals surface area contributed by atoms with Crippen LogP contribution in [0.3, 0.4) is 0 Å². The number of sulfone groups is 1. The quantitative estimate of drug-likeness (QED) is 0.698. The summed E-state index contributed by atoms with van der Waals surface area (Å²) in [5.41, 5.74) is 0.646. The Morgan fingerprint density at radius 1 is 1.29 bits per heavy atom. The van der Waals surface area contributed by atoms with Crippen molar-refractivity contribution in [1.82, 2.24) is 30.6 Å². The van der Waals surface area contributed by atoms with E-state index in [1.54, 1.807) is 12.1 Å². The first-order valence-corrected chi connectivity index (χ1v) is 7.84. The van der Waals surface area contributed by atoms with Gasteiger partial charge in [-0.05, 0) is 18.2 Å². The summed E-state index contributed by atoms with van der Waals surface area (Å²) in [6.45, 7) is 0.311. The number of aromatic amines is 1. The first-order chi connectivity index (χ1) is 10.0. The number of H-pyrrole nitrogens is 1. The highest BCUT2D eigenvalue weighted by Crippen LogP contribution is 2.23. The fraction of sp³-hybridized carbons (Fsp3) is 0.182. The van der Waals surface area contributed by atoms with Crippen LogP contribution in [0.5, 0.6) is 0 Å². The first-order valence-electron chi connectivity index (χ1n) is 5.95. The Balaban J connectivity index is 2.01. The van der Waals surface area contributed by atoms with Crippen LogP contribution < -0.4 is 5.32 Å². The lowest BCUT2D eigenvalue weighted by Crippen LogP contribution is -2.05. The van der Waals surface area contributed by atoms with Crippen LogP contribution in [0.4, 0.5) is 5.82 Å². The molecule has 1 aromatic carbocycles. The predicted molar refractivity (Wildman–Crippen MR) is 74.2 cm³/mol. The number of nitrogens with one attached hydrogen (secondary N) is 2. The van der Waals surface area contributed by atoms with E-state index in [-0.39, 0.29) is 4.90 Å². The summed E-state index contributed by atoms with van der Waals surface area (Å²) in [6, 6.07) is 4.71. The van der Waals surface area contributed by atoms with Gasteiger partial charge < -0.3 is 5.32 Å². The summed E-state index contributed by atoms with van der Waals surface area (Å²) in [5, 5.41) is 17.1. The second-order valence-electron chi connectivity index (χ2n) is 4.35. The molecule has 0 aliphatic rings. The van der Waals surface area contributed by atoms with Crippen molar-refractivity contribution in [3.63, 3.8) is 0 Å². The van der Waals surface area contributed by atoms with Crippen molar-refractivity contribution >= 4 is 26.6 Å². The lowest BCUT2D eigenvalue weighted by Gasteiger charge is -2.07. The van der Waals surface area contributed by atoms with Crippen LogP contribution in [0.25, 0.3) is 10.9 Å². The van der Waals surface area contributed by atoms with Crippen LogP contribution in [-0.4, -0.2) is 45.3 Å². The number of benzene rings is 1. The molecular weight excluding hydrogens is 294 g/mol. The van der Waals surface area contributed by atoms with E-state index in [2.05, 4.69) is 35.9 Å². The molecule has 0 aliphatic carbocycles. The summed E-state index contributed by atoms with van der Waals surface area (Å²) in [4.78, 5) is 8.46. The molecule has 3 aromatic rings. The molecule has 0 bridgehead atoms. The van der Waals surface area contributed by atoms with Gasteiger partial charge in [0.15, 0.2) is 15.7 Å². The predicted octanol–water partition coefficient (Wildman–Crippen LogP) is 0.158. The third-order valence-electron chi connectivity index (χ3n) is 2.84. The van der Waals surface area contributed by atoms with E-state index in [1.807, 2.05) is 0 Å². The SMILES string of the molecule is CS(=O)(=O)c1ccc2ncnc(NCc3nn[nH]n3)c2c1. The molecule has 3 rings (SSSR count). The van der Waals surface area contributed by atoms with E-state index in [9.17, 15) is 8.42 Å². The van der Waals surface area contributed by atoms with Gasteiger partial charge in [0.1, 0.15) is 12.1 Å². The molecule has 0 unspecified atom stereocenters. The molecule has 10 heteroatoms. The Kier molecular flexibility index (Phi) is 3.22.